The molecule has 1 saturated heterocycles. The number of hydrogen-bond acceptors (Lipinski definition) is 12. The number of thiazole rings is 2. The molecular weight excluding hydrogens is 873 g/mol. The summed E-state index contributed by atoms with van der Waals surface area (Å²) in [7, 11) is 1.35. The minimum atomic E-state index is -0.983. The minimum absolute atomic E-state index is 0.110. The second-order valence-electron chi connectivity index (χ2n) is 15.1. The van der Waals surface area contributed by atoms with Crippen molar-refractivity contribution in [3.8, 4) is 0 Å². The van der Waals surface area contributed by atoms with Gasteiger partial charge < -0.3 is 20.2 Å². The molecule has 1 fully saturated rings. The standard InChI is InChI=1S/C51H42N6O5S3/c1-33-41(65-32-52-33)29-28-36-30-63-48-43(47(59)57(48)44(36)49(60)62-45(34-18-8-3-9-19-34)35-20-10-4-11-21-35)54-46(58)42(56-61-2)40-31-64-50(53-40)55-51(37-22-12-5-13-23-37,38-24-14-6-15-25-38)39-26-16-7-17-27-39/h3-29,31-32,43,45,48H,30H2,1-2H3,(H,53,55)(H,54,58). The zero-order valence-corrected chi connectivity index (χ0v) is 37.7. The minimum Gasteiger partial charge on any atom is -0.448 e. The summed E-state index contributed by atoms with van der Waals surface area (Å²) in [6.45, 7) is 1.92. The molecule has 324 valence electrons. The number of aryl methyl sites for hydroxylation is 1. The van der Waals surface area contributed by atoms with Gasteiger partial charge >= 0.3 is 5.97 Å². The summed E-state index contributed by atoms with van der Waals surface area (Å²) in [6.07, 6.45) is 3.01. The van der Waals surface area contributed by atoms with Crippen molar-refractivity contribution in [1.29, 1.82) is 0 Å². The first-order chi connectivity index (χ1) is 31.9. The zero-order chi connectivity index (χ0) is 44.8. The third kappa shape index (κ3) is 8.75. The van der Waals surface area contributed by atoms with Gasteiger partial charge in [-0.2, -0.15) is 0 Å². The quantitative estimate of drug-likeness (QED) is 0.0339. The normalized spacial score (nSPS) is 16.3. The Hall–Kier alpha value is -7.13. The first kappa shape index (κ1) is 43.1. The molecule has 2 aliphatic heterocycles. The lowest BCUT2D eigenvalue weighted by Crippen LogP contribution is -2.71. The number of esters is 1. The number of aromatic nitrogens is 2. The lowest BCUT2D eigenvalue weighted by molar-refractivity contribution is -0.154. The van der Waals surface area contributed by atoms with E-state index in [0.717, 1.165) is 38.4 Å². The van der Waals surface area contributed by atoms with Crippen LogP contribution in [0.1, 0.15) is 50.2 Å². The van der Waals surface area contributed by atoms with Crippen LogP contribution in [0.2, 0.25) is 0 Å². The smallest absolute Gasteiger partial charge is 0.356 e. The molecule has 5 aromatic carbocycles. The van der Waals surface area contributed by atoms with Crippen LogP contribution in [0.3, 0.4) is 0 Å². The van der Waals surface area contributed by atoms with Crippen molar-refractivity contribution in [3.63, 3.8) is 0 Å². The van der Waals surface area contributed by atoms with Crippen LogP contribution in [0.4, 0.5) is 5.13 Å². The van der Waals surface area contributed by atoms with E-state index in [1.165, 1.54) is 46.4 Å². The number of carbonyl (C=O) groups is 3. The van der Waals surface area contributed by atoms with E-state index in [9.17, 15) is 14.4 Å². The number of oxime groups is 1. The monoisotopic (exact) mass is 914 g/mol. The van der Waals surface area contributed by atoms with E-state index in [1.807, 2.05) is 134 Å². The second kappa shape index (κ2) is 19.3. The Labute approximate surface area is 388 Å². The molecular formula is C51H42N6O5S3. The molecule has 11 nitrogen and oxygen atoms in total. The van der Waals surface area contributed by atoms with Crippen LogP contribution in [-0.2, 0) is 29.5 Å². The van der Waals surface area contributed by atoms with Gasteiger partial charge in [0.25, 0.3) is 11.8 Å². The summed E-state index contributed by atoms with van der Waals surface area (Å²) >= 11 is 4.23. The molecule has 2 amide bonds. The predicted molar refractivity (Wildman–Crippen MR) is 257 cm³/mol. The summed E-state index contributed by atoms with van der Waals surface area (Å²) in [6, 6.07) is 48.4. The van der Waals surface area contributed by atoms with E-state index in [0.29, 0.717) is 16.5 Å². The largest absolute Gasteiger partial charge is 0.448 e. The van der Waals surface area contributed by atoms with Gasteiger partial charge in [-0.05, 0) is 46.4 Å². The van der Waals surface area contributed by atoms with Crippen molar-refractivity contribution in [2.24, 2.45) is 5.16 Å². The molecule has 14 heteroatoms. The molecule has 7 aromatic rings. The third-order valence-corrected chi connectivity index (χ3v) is 14.1. The van der Waals surface area contributed by atoms with Crippen LogP contribution in [0.15, 0.2) is 185 Å². The van der Waals surface area contributed by atoms with Gasteiger partial charge in [0.05, 0.1) is 11.2 Å². The summed E-state index contributed by atoms with van der Waals surface area (Å²) in [5.41, 5.74) is 7.16. The lowest BCUT2D eigenvalue weighted by atomic mass is 9.77. The second-order valence-corrected chi connectivity index (χ2v) is 18.0. The number of nitrogens with one attached hydrogen (secondary N) is 2. The zero-order valence-electron chi connectivity index (χ0n) is 35.2. The fourth-order valence-corrected chi connectivity index (χ4v) is 10.8. The van der Waals surface area contributed by atoms with Gasteiger partial charge in [0.1, 0.15) is 35.5 Å². The summed E-state index contributed by atoms with van der Waals surface area (Å²) in [4.78, 5) is 59.9. The molecule has 0 radical (unpaired) electrons. The highest BCUT2D eigenvalue weighted by atomic mass is 32.2. The van der Waals surface area contributed by atoms with E-state index in [-0.39, 0.29) is 17.1 Å². The average molecular weight is 915 g/mol. The Morgan fingerprint density at radius 2 is 1.35 bits per heavy atom. The highest BCUT2D eigenvalue weighted by molar-refractivity contribution is 8.00. The van der Waals surface area contributed by atoms with E-state index >= 15 is 0 Å². The molecule has 4 heterocycles. The van der Waals surface area contributed by atoms with E-state index in [1.54, 1.807) is 10.9 Å². The maximum atomic E-state index is 14.5. The number of rotatable bonds is 15. The first-order valence-corrected chi connectivity index (χ1v) is 23.6. The molecule has 2 atom stereocenters. The van der Waals surface area contributed by atoms with Crippen molar-refractivity contribution in [2.75, 3.05) is 18.2 Å². The van der Waals surface area contributed by atoms with Gasteiger partial charge in [-0.3, -0.25) is 14.5 Å². The number of carbonyl (C=O) groups excluding carboxylic acids is 3. The highest BCUT2D eigenvalue weighted by Crippen LogP contribution is 2.43. The van der Waals surface area contributed by atoms with Gasteiger partial charge in [-0.15, -0.1) is 34.4 Å². The van der Waals surface area contributed by atoms with E-state index < -0.39 is 40.8 Å². The Bertz CT molecular complexity index is 2750. The van der Waals surface area contributed by atoms with Gasteiger partial charge in [-0.1, -0.05) is 163 Å². The Morgan fingerprint density at radius 3 is 1.88 bits per heavy atom. The van der Waals surface area contributed by atoms with Crippen molar-refractivity contribution in [3.05, 3.63) is 224 Å². The Kier molecular flexibility index (Phi) is 12.8. The summed E-state index contributed by atoms with van der Waals surface area (Å²) < 4.78 is 6.34. The molecule has 2 N–H and O–H groups in total. The maximum Gasteiger partial charge on any atom is 0.356 e. The molecule has 0 saturated carbocycles. The van der Waals surface area contributed by atoms with Gasteiger partial charge in [0.2, 0.25) is 0 Å². The molecule has 9 rings (SSSR count). The first-order valence-electron chi connectivity index (χ1n) is 20.7. The number of anilines is 1. The summed E-state index contributed by atoms with van der Waals surface area (Å²) in [5, 5.41) is 12.4. The number of ether oxygens (including phenoxy) is 1. The van der Waals surface area contributed by atoms with Crippen molar-refractivity contribution >= 4 is 69.1 Å². The number of hydrogen-bond donors (Lipinski definition) is 2. The number of fused-ring (bicyclic) bond motifs is 1. The van der Waals surface area contributed by atoms with Gasteiger partial charge in [-0.25, -0.2) is 14.8 Å². The van der Waals surface area contributed by atoms with Gasteiger partial charge in [0, 0.05) is 16.0 Å². The van der Waals surface area contributed by atoms with Crippen LogP contribution in [0.25, 0.3) is 6.08 Å². The van der Waals surface area contributed by atoms with Crippen molar-refractivity contribution in [2.45, 2.75) is 30.0 Å². The highest BCUT2D eigenvalue weighted by Gasteiger charge is 2.55. The lowest BCUT2D eigenvalue weighted by Gasteiger charge is -2.49. The fraction of sp³-hybridized carbons (Fsp3) is 0.137. The molecule has 2 unspecified atom stereocenters. The van der Waals surface area contributed by atoms with Crippen LogP contribution in [0, 0.1) is 6.92 Å². The average Bonchev–Trinajstić information content (AvgIpc) is 4.01. The molecule has 0 aliphatic carbocycles. The van der Waals surface area contributed by atoms with Crippen molar-refractivity contribution < 1.29 is 24.0 Å². The Balaban J connectivity index is 0.993. The summed E-state index contributed by atoms with van der Waals surface area (Å²) in [5.74, 6) is -1.41. The SMILES string of the molecule is CON=C(C(=O)NC1C(=O)N2C(C(=O)OC(c3ccccc3)c3ccccc3)=C(C=Cc3scnc3C)CSC12)c1csc(NC(c2ccccc2)(c2ccccc2)c2ccccc2)n1. The van der Waals surface area contributed by atoms with Crippen LogP contribution in [-0.4, -0.2) is 62.6 Å². The molecule has 0 spiro atoms. The van der Waals surface area contributed by atoms with E-state index in [2.05, 4.69) is 57.2 Å². The van der Waals surface area contributed by atoms with Crippen LogP contribution in [0.5, 0.6) is 0 Å². The third-order valence-electron chi connectivity index (χ3n) is 11.2. The molecule has 2 aromatic heterocycles. The van der Waals surface area contributed by atoms with Crippen LogP contribution >= 0.6 is 34.4 Å². The number of thioether (sulfide) groups is 1. The maximum absolute atomic E-state index is 14.5. The topological polar surface area (TPSA) is 135 Å². The van der Waals surface area contributed by atoms with Crippen LogP contribution < -0.4 is 10.6 Å². The molecule has 65 heavy (non-hydrogen) atoms. The van der Waals surface area contributed by atoms with Gasteiger partial charge in [0.15, 0.2) is 16.9 Å². The number of nitrogens with zero attached hydrogens (tertiary/aromatic N) is 4. The molecule has 2 aliphatic rings. The number of benzene rings is 5. The van der Waals surface area contributed by atoms with Crippen molar-refractivity contribution in [1.82, 2.24) is 20.2 Å². The number of amides is 2. The fourth-order valence-electron chi connectivity index (χ4n) is 8.04. The number of β-lactam (4-membered cyclic amide) rings is 1. The van der Waals surface area contributed by atoms with E-state index in [4.69, 9.17) is 14.6 Å². The number of allylic oxidation sites excluding steroid dienone is 1. The Morgan fingerprint density at radius 1 is 0.800 bits per heavy atom. The molecule has 0 bridgehead atoms. The predicted octanol–water partition coefficient (Wildman–Crippen LogP) is 9.36.